The third-order valence-corrected chi connectivity index (χ3v) is 3.42. The van der Waals surface area contributed by atoms with Gasteiger partial charge >= 0.3 is 0 Å². The summed E-state index contributed by atoms with van der Waals surface area (Å²) in [4.78, 5) is 5.05. The minimum Gasteiger partial charge on any atom is -0.393 e. The fourth-order valence-corrected chi connectivity index (χ4v) is 2.56. The predicted octanol–water partition coefficient (Wildman–Crippen LogP) is 2.46. The number of imidazole rings is 1. The van der Waals surface area contributed by atoms with Crippen LogP contribution in [0.25, 0.3) is 0 Å². The van der Waals surface area contributed by atoms with Gasteiger partial charge in [0.1, 0.15) is 5.82 Å². The molecule has 0 saturated heterocycles. The van der Waals surface area contributed by atoms with E-state index in [0.717, 1.165) is 18.8 Å². The highest BCUT2D eigenvalue weighted by molar-refractivity contribution is 7.80. The molecule has 3 nitrogen and oxygen atoms in total. The van der Waals surface area contributed by atoms with Crippen LogP contribution in [0, 0.1) is 5.41 Å². The molecule has 0 aromatic carbocycles. The van der Waals surface area contributed by atoms with Crippen LogP contribution in [-0.2, 0) is 6.54 Å². The van der Waals surface area contributed by atoms with Gasteiger partial charge in [-0.15, -0.1) is 0 Å². The molecule has 2 rings (SSSR count). The van der Waals surface area contributed by atoms with E-state index < -0.39 is 0 Å². The predicted molar refractivity (Wildman–Crippen MR) is 69.4 cm³/mol. The molecule has 0 bridgehead atoms. The standard InChI is InChI=1S/C12H19N3S/c1-9(2)11-14-5-6-15(11)8-12(3-4-12)7-10(13)16/h5-6,9H,3-4,7-8H2,1-2H3,(H2,13,16). The first-order valence-corrected chi connectivity index (χ1v) is 6.23. The second kappa shape index (κ2) is 4.17. The Labute approximate surface area is 102 Å². The van der Waals surface area contributed by atoms with Gasteiger partial charge in [-0.25, -0.2) is 4.98 Å². The average Bonchev–Trinajstić information content (AvgIpc) is 2.75. The molecule has 1 fully saturated rings. The summed E-state index contributed by atoms with van der Waals surface area (Å²) in [5.74, 6) is 1.63. The Morgan fingerprint density at radius 3 is 2.81 bits per heavy atom. The molecule has 1 aromatic rings. The van der Waals surface area contributed by atoms with E-state index >= 15 is 0 Å². The molecule has 0 atom stereocenters. The highest BCUT2D eigenvalue weighted by atomic mass is 32.1. The molecular weight excluding hydrogens is 218 g/mol. The van der Waals surface area contributed by atoms with Gasteiger partial charge in [-0.1, -0.05) is 26.1 Å². The van der Waals surface area contributed by atoms with E-state index in [1.54, 1.807) is 0 Å². The Balaban J connectivity index is 2.09. The van der Waals surface area contributed by atoms with E-state index in [9.17, 15) is 0 Å². The average molecular weight is 237 g/mol. The molecule has 16 heavy (non-hydrogen) atoms. The molecule has 0 radical (unpaired) electrons. The van der Waals surface area contributed by atoms with Crippen molar-refractivity contribution in [3.63, 3.8) is 0 Å². The molecule has 88 valence electrons. The van der Waals surface area contributed by atoms with Gasteiger partial charge in [-0.3, -0.25) is 0 Å². The van der Waals surface area contributed by atoms with E-state index in [2.05, 4.69) is 29.6 Å². The maximum Gasteiger partial charge on any atom is 0.111 e. The zero-order valence-electron chi connectivity index (χ0n) is 9.94. The van der Waals surface area contributed by atoms with Gasteiger partial charge in [0.25, 0.3) is 0 Å². The van der Waals surface area contributed by atoms with Crippen molar-refractivity contribution in [1.29, 1.82) is 0 Å². The monoisotopic (exact) mass is 237 g/mol. The fourth-order valence-electron chi connectivity index (χ4n) is 2.25. The fraction of sp³-hybridized carbons (Fsp3) is 0.667. The van der Waals surface area contributed by atoms with Gasteiger partial charge in [-0.2, -0.15) is 0 Å². The van der Waals surface area contributed by atoms with Crippen molar-refractivity contribution in [3.8, 4) is 0 Å². The second-order valence-corrected chi connectivity index (χ2v) is 5.74. The van der Waals surface area contributed by atoms with Crippen molar-refractivity contribution >= 4 is 17.2 Å². The quantitative estimate of drug-likeness (QED) is 0.800. The van der Waals surface area contributed by atoms with Gasteiger partial charge < -0.3 is 10.3 Å². The lowest BCUT2D eigenvalue weighted by Crippen LogP contribution is -2.20. The van der Waals surface area contributed by atoms with Crippen LogP contribution in [-0.4, -0.2) is 14.5 Å². The van der Waals surface area contributed by atoms with Crippen molar-refractivity contribution in [2.75, 3.05) is 0 Å². The topological polar surface area (TPSA) is 43.8 Å². The smallest absolute Gasteiger partial charge is 0.111 e. The number of thiocarbonyl (C=S) groups is 1. The number of rotatable bonds is 5. The summed E-state index contributed by atoms with van der Waals surface area (Å²) in [5.41, 5.74) is 5.98. The lowest BCUT2D eigenvalue weighted by atomic mass is 10.0. The van der Waals surface area contributed by atoms with Gasteiger partial charge in [0.05, 0.1) is 4.99 Å². The van der Waals surface area contributed by atoms with Crippen molar-refractivity contribution < 1.29 is 0 Å². The summed E-state index contributed by atoms with van der Waals surface area (Å²) >= 11 is 5.02. The summed E-state index contributed by atoms with van der Waals surface area (Å²) in [5, 5.41) is 0. The van der Waals surface area contributed by atoms with Gasteiger partial charge in [0.15, 0.2) is 0 Å². The second-order valence-electron chi connectivity index (χ2n) is 5.21. The maximum atomic E-state index is 5.65. The highest BCUT2D eigenvalue weighted by Gasteiger charge is 2.43. The number of hydrogen-bond acceptors (Lipinski definition) is 2. The van der Waals surface area contributed by atoms with Crippen LogP contribution in [0.15, 0.2) is 12.4 Å². The molecule has 1 saturated carbocycles. The van der Waals surface area contributed by atoms with E-state index in [1.165, 1.54) is 12.8 Å². The first-order chi connectivity index (χ1) is 7.52. The number of nitrogens with two attached hydrogens (primary N) is 1. The van der Waals surface area contributed by atoms with E-state index in [0.29, 0.717) is 16.3 Å². The third-order valence-electron chi connectivity index (χ3n) is 3.28. The minimum atomic E-state index is 0.330. The first-order valence-electron chi connectivity index (χ1n) is 5.82. The summed E-state index contributed by atoms with van der Waals surface area (Å²) in [6.07, 6.45) is 7.29. The maximum absolute atomic E-state index is 5.65. The lowest BCUT2D eigenvalue weighted by Gasteiger charge is -2.18. The SMILES string of the molecule is CC(C)c1nccn1CC1(CC(N)=S)CC1. The van der Waals surface area contributed by atoms with Crippen LogP contribution in [0.5, 0.6) is 0 Å². The van der Waals surface area contributed by atoms with E-state index in [1.807, 2.05) is 6.20 Å². The van der Waals surface area contributed by atoms with E-state index in [4.69, 9.17) is 18.0 Å². The van der Waals surface area contributed by atoms with Crippen LogP contribution in [0.3, 0.4) is 0 Å². The van der Waals surface area contributed by atoms with Gasteiger partial charge in [0, 0.05) is 31.3 Å². The third kappa shape index (κ3) is 2.43. The highest BCUT2D eigenvalue weighted by Crippen LogP contribution is 2.50. The summed E-state index contributed by atoms with van der Waals surface area (Å²) in [6, 6.07) is 0. The molecule has 0 aliphatic heterocycles. The van der Waals surface area contributed by atoms with Crippen LogP contribution < -0.4 is 5.73 Å². The molecule has 1 aromatic heterocycles. The summed E-state index contributed by atoms with van der Waals surface area (Å²) < 4.78 is 2.26. The number of aromatic nitrogens is 2. The molecule has 0 amide bonds. The Hall–Kier alpha value is -0.900. The molecule has 1 heterocycles. The Morgan fingerprint density at radius 2 is 2.31 bits per heavy atom. The van der Waals surface area contributed by atoms with Crippen molar-refractivity contribution in [3.05, 3.63) is 18.2 Å². The first kappa shape index (κ1) is 11.6. The minimum absolute atomic E-state index is 0.330. The van der Waals surface area contributed by atoms with Crippen molar-refractivity contribution in [2.24, 2.45) is 11.1 Å². The number of hydrogen-bond donors (Lipinski definition) is 1. The Kier molecular flexibility index (Phi) is 3.02. The molecule has 0 spiro atoms. The molecular formula is C12H19N3S. The lowest BCUT2D eigenvalue weighted by molar-refractivity contribution is 0.424. The zero-order valence-corrected chi connectivity index (χ0v) is 10.8. The van der Waals surface area contributed by atoms with Crippen molar-refractivity contribution in [1.82, 2.24) is 9.55 Å². The molecule has 2 N–H and O–H groups in total. The van der Waals surface area contributed by atoms with Gasteiger partial charge in [-0.05, 0) is 18.3 Å². The molecule has 1 aliphatic rings. The van der Waals surface area contributed by atoms with E-state index in [-0.39, 0.29) is 0 Å². The van der Waals surface area contributed by atoms with Crippen LogP contribution in [0.4, 0.5) is 0 Å². The molecule has 4 heteroatoms. The van der Waals surface area contributed by atoms with Crippen LogP contribution >= 0.6 is 12.2 Å². The summed E-state index contributed by atoms with van der Waals surface area (Å²) in [7, 11) is 0. The molecule has 0 unspecified atom stereocenters. The van der Waals surface area contributed by atoms with Crippen LogP contribution in [0.1, 0.15) is 44.9 Å². The van der Waals surface area contributed by atoms with Gasteiger partial charge in [0.2, 0.25) is 0 Å². The Bertz CT molecular complexity index is 391. The largest absolute Gasteiger partial charge is 0.393 e. The zero-order chi connectivity index (χ0) is 11.8. The van der Waals surface area contributed by atoms with Crippen LogP contribution in [0.2, 0.25) is 0 Å². The Morgan fingerprint density at radius 1 is 1.62 bits per heavy atom. The molecule has 1 aliphatic carbocycles. The number of nitrogens with zero attached hydrogens (tertiary/aromatic N) is 2. The normalized spacial score (nSPS) is 17.7. The van der Waals surface area contributed by atoms with Crippen molar-refractivity contribution in [2.45, 2.75) is 45.6 Å². The summed E-state index contributed by atoms with van der Waals surface area (Å²) in [6.45, 7) is 5.36.